The van der Waals surface area contributed by atoms with Crippen LogP contribution in [0.2, 0.25) is 0 Å². The largest absolute Gasteiger partial charge is 0.336 e. The number of nitrogens with one attached hydrogen (secondary N) is 2. The van der Waals surface area contributed by atoms with Gasteiger partial charge in [0.05, 0.1) is 17.9 Å². The van der Waals surface area contributed by atoms with Crippen molar-refractivity contribution in [3.63, 3.8) is 0 Å². The molecule has 6 heteroatoms. The van der Waals surface area contributed by atoms with Crippen molar-refractivity contribution in [2.24, 2.45) is 0 Å². The number of thiophene rings is 1. The fraction of sp³-hybridized carbons (Fsp3) is 0.375. The topological polar surface area (TPSA) is 57.3 Å². The molecule has 0 bridgehead atoms. The fourth-order valence-corrected chi connectivity index (χ4v) is 3.10. The Morgan fingerprint density at radius 3 is 2.77 bits per heavy atom. The molecule has 1 atom stereocenters. The number of carbonyl (C=O) groups excluding carboxylic acids is 1. The van der Waals surface area contributed by atoms with Crippen molar-refractivity contribution in [3.05, 3.63) is 46.9 Å². The molecule has 0 fully saturated rings. The Labute approximate surface area is 135 Å². The maximum atomic E-state index is 12.0. The van der Waals surface area contributed by atoms with Crippen LogP contribution in [0.25, 0.3) is 0 Å². The van der Waals surface area contributed by atoms with E-state index >= 15 is 0 Å². The molecule has 1 unspecified atom stereocenters. The van der Waals surface area contributed by atoms with Gasteiger partial charge >= 0.3 is 6.03 Å². The summed E-state index contributed by atoms with van der Waals surface area (Å²) in [7, 11) is 0. The molecule has 0 aliphatic heterocycles. The highest BCUT2D eigenvalue weighted by molar-refractivity contribution is 7.07. The van der Waals surface area contributed by atoms with E-state index < -0.39 is 0 Å². The number of hydrogen-bond acceptors (Lipinski definition) is 4. The second-order valence-electron chi connectivity index (χ2n) is 4.87. The fourth-order valence-electron chi connectivity index (χ4n) is 2.39. The first-order valence-corrected chi connectivity index (χ1v) is 8.39. The van der Waals surface area contributed by atoms with Crippen molar-refractivity contribution < 1.29 is 4.79 Å². The standard InChI is InChI=1S/C16H22N4OS/c1-3-20(4-2)15(13-7-9-22-12-13)11-18-16(21)19-14-6-5-8-17-10-14/h5-10,12,15H,3-4,11H2,1-2H3,(H2,18,19,21). The number of nitrogens with zero attached hydrogens (tertiary/aromatic N) is 2. The smallest absolute Gasteiger partial charge is 0.319 e. The summed E-state index contributed by atoms with van der Waals surface area (Å²) in [6, 6.07) is 5.71. The number of pyridine rings is 1. The number of urea groups is 1. The summed E-state index contributed by atoms with van der Waals surface area (Å²) in [6.45, 7) is 6.74. The highest BCUT2D eigenvalue weighted by Gasteiger charge is 2.19. The van der Waals surface area contributed by atoms with Gasteiger partial charge in [-0.3, -0.25) is 9.88 Å². The maximum absolute atomic E-state index is 12.0. The summed E-state index contributed by atoms with van der Waals surface area (Å²) in [5.74, 6) is 0. The van der Waals surface area contributed by atoms with Crippen LogP contribution in [0.15, 0.2) is 41.4 Å². The summed E-state index contributed by atoms with van der Waals surface area (Å²) in [4.78, 5) is 18.3. The molecule has 0 saturated carbocycles. The van der Waals surface area contributed by atoms with Crippen LogP contribution in [0, 0.1) is 0 Å². The first-order valence-electron chi connectivity index (χ1n) is 7.45. The zero-order chi connectivity index (χ0) is 15.8. The summed E-state index contributed by atoms with van der Waals surface area (Å²) in [5, 5.41) is 9.96. The molecule has 2 heterocycles. The van der Waals surface area contributed by atoms with E-state index in [0.29, 0.717) is 12.2 Å². The van der Waals surface area contributed by atoms with Crippen LogP contribution in [-0.4, -0.2) is 35.5 Å². The summed E-state index contributed by atoms with van der Waals surface area (Å²) < 4.78 is 0. The molecule has 5 nitrogen and oxygen atoms in total. The second-order valence-corrected chi connectivity index (χ2v) is 5.65. The molecule has 2 amide bonds. The van der Waals surface area contributed by atoms with Gasteiger partial charge in [0.15, 0.2) is 0 Å². The van der Waals surface area contributed by atoms with Gasteiger partial charge in [-0.1, -0.05) is 13.8 Å². The minimum atomic E-state index is -0.208. The molecule has 0 radical (unpaired) electrons. The highest BCUT2D eigenvalue weighted by Crippen LogP contribution is 2.22. The molecule has 0 aliphatic carbocycles. The van der Waals surface area contributed by atoms with E-state index in [1.54, 1.807) is 29.8 Å². The van der Waals surface area contributed by atoms with Gasteiger partial charge in [-0.2, -0.15) is 11.3 Å². The summed E-state index contributed by atoms with van der Waals surface area (Å²) in [6.07, 6.45) is 3.30. The molecule has 118 valence electrons. The Hall–Kier alpha value is -1.92. The molecule has 2 aromatic heterocycles. The first kappa shape index (κ1) is 16.5. The van der Waals surface area contributed by atoms with E-state index in [2.05, 4.69) is 51.2 Å². The summed E-state index contributed by atoms with van der Waals surface area (Å²) >= 11 is 1.68. The molecule has 2 N–H and O–H groups in total. The number of amides is 2. The van der Waals surface area contributed by atoms with Crippen LogP contribution in [0.5, 0.6) is 0 Å². The molecule has 2 aromatic rings. The molecule has 22 heavy (non-hydrogen) atoms. The number of likely N-dealkylation sites (N-methyl/N-ethyl adjacent to an activating group) is 1. The SMILES string of the molecule is CCN(CC)C(CNC(=O)Nc1cccnc1)c1ccsc1. The van der Waals surface area contributed by atoms with Crippen molar-refractivity contribution in [3.8, 4) is 0 Å². The number of aromatic nitrogens is 1. The van der Waals surface area contributed by atoms with Gasteiger partial charge in [0, 0.05) is 12.7 Å². The third kappa shape index (κ3) is 4.54. The normalized spacial score (nSPS) is 12.1. The quantitative estimate of drug-likeness (QED) is 0.823. The first-order chi connectivity index (χ1) is 10.7. The van der Waals surface area contributed by atoms with Crippen LogP contribution in [0.4, 0.5) is 10.5 Å². The minimum Gasteiger partial charge on any atom is -0.336 e. The van der Waals surface area contributed by atoms with Crippen molar-refractivity contribution in [1.82, 2.24) is 15.2 Å². The average Bonchev–Trinajstić information content (AvgIpc) is 3.06. The van der Waals surface area contributed by atoms with Gasteiger partial charge in [0.25, 0.3) is 0 Å². The number of anilines is 1. The van der Waals surface area contributed by atoms with E-state index in [9.17, 15) is 4.79 Å². The molecule has 0 saturated heterocycles. The van der Waals surface area contributed by atoms with Gasteiger partial charge < -0.3 is 10.6 Å². The van der Waals surface area contributed by atoms with Gasteiger partial charge in [-0.25, -0.2) is 4.79 Å². The van der Waals surface area contributed by atoms with Crippen molar-refractivity contribution in [2.45, 2.75) is 19.9 Å². The Morgan fingerprint density at radius 2 is 2.18 bits per heavy atom. The van der Waals surface area contributed by atoms with Gasteiger partial charge in [-0.15, -0.1) is 0 Å². The van der Waals surface area contributed by atoms with E-state index in [-0.39, 0.29) is 12.1 Å². The lowest BCUT2D eigenvalue weighted by atomic mass is 10.1. The predicted octanol–water partition coefficient (Wildman–Crippen LogP) is 3.35. The van der Waals surface area contributed by atoms with E-state index in [0.717, 1.165) is 13.1 Å². The predicted molar refractivity (Wildman–Crippen MR) is 91.2 cm³/mol. The summed E-state index contributed by atoms with van der Waals surface area (Å²) in [5.41, 5.74) is 1.94. The molecule has 0 aliphatic rings. The van der Waals surface area contributed by atoms with Crippen LogP contribution >= 0.6 is 11.3 Å². The average molecular weight is 318 g/mol. The Bertz CT molecular complexity index is 555. The third-order valence-electron chi connectivity index (χ3n) is 3.56. The maximum Gasteiger partial charge on any atom is 0.319 e. The molecular formula is C16H22N4OS. The Balaban J connectivity index is 1.95. The lowest BCUT2D eigenvalue weighted by molar-refractivity contribution is 0.210. The third-order valence-corrected chi connectivity index (χ3v) is 4.26. The van der Waals surface area contributed by atoms with Crippen LogP contribution in [-0.2, 0) is 0 Å². The van der Waals surface area contributed by atoms with E-state index in [1.807, 2.05) is 6.07 Å². The zero-order valence-electron chi connectivity index (χ0n) is 13.0. The lowest BCUT2D eigenvalue weighted by Gasteiger charge is -2.29. The highest BCUT2D eigenvalue weighted by atomic mass is 32.1. The van der Waals surface area contributed by atoms with Gasteiger partial charge in [-0.05, 0) is 47.6 Å². The Kier molecular flexibility index (Phi) is 6.36. The second kappa shape index (κ2) is 8.51. The van der Waals surface area contributed by atoms with E-state index in [4.69, 9.17) is 0 Å². The molecule has 0 aromatic carbocycles. The van der Waals surface area contributed by atoms with Gasteiger partial charge in [0.2, 0.25) is 0 Å². The molecule has 2 rings (SSSR count). The number of hydrogen-bond donors (Lipinski definition) is 2. The zero-order valence-corrected chi connectivity index (χ0v) is 13.8. The van der Waals surface area contributed by atoms with Crippen molar-refractivity contribution in [1.29, 1.82) is 0 Å². The monoisotopic (exact) mass is 318 g/mol. The van der Waals surface area contributed by atoms with Crippen LogP contribution in [0.3, 0.4) is 0 Å². The lowest BCUT2D eigenvalue weighted by Crippen LogP contribution is -2.39. The minimum absolute atomic E-state index is 0.195. The molecule has 0 spiro atoms. The van der Waals surface area contributed by atoms with Crippen molar-refractivity contribution >= 4 is 23.1 Å². The number of rotatable bonds is 7. The van der Waals surface area contributed by atoms with E-state index in [1.165, 1.54) is 5.56 Å². The number of carbonyl (C=O) groups is 1. The Morgan fingerprint density at radius 1 is 1.36 bits per heavy atom. The van der Waals surface area contributed by atoms with Crippen LogP contribution < -0.4 is 10.6 Å². The van der Waals surface area contributed by atoms with Crippen molar-refractivity contribution in [2.75, 3.05) is 25.0 Å². The van der Waals surface area contributed by atoms with Gasteiger partial charge in [0.1, 0.15) is 0 Å². The molecular weight excluding hydrogens is 296 g/mol. The van der Waals surface area contributed by atoms with Crippen LogP contribution in [0.1, 0.15) is 25.5 Å².